The Morgan fingerprint density at radius 1 is 1.05 bits per heavy atom. The molecule has 0 saturated heterocycles. The van der Waals surface area contributed by atoms with Crippen LogP contribution in [0.15, 0.2) is 48.6 Å². The summed E-state index contributed by atoms with van der Waals surface area (Å²) < 4.78 is 8.92. The van der Waals surface area contributed by atoms with Crippen LogP contribution < -0.4 is 32.6 Å². The third-order valence-electron chi connectivity index (χ3n) is 6.17. The molecule has 0 saturated carbocycles. The second-order valence-electron chi connectivity index (χ2n) is 8.92. The number of nitrogens with two attached hydrogens (primary N) is 3. The minimum Gasteiger partial charge on any atom is -0.494 e. The van der Waals surface area contributed by atoms with E-state index in [9.17, 15) is 14.4 Å². The molecule has 4 aromatic rings. The summed E-state index contributed by atoms with van der Waals surface area (Å²) in [6.07, 6.45) is 3.75. The molecule has 0 radical (unpaired) electrons. The lowest BCUT2D eigenvalue weighted by molar-refractivity contribution is 0.0992. The van der Waals surface area contributed by atoms with Gasteiger partial charge in [0.2, 0.25) is 17.8 Å². The molecule has 0 atom stereocenters. The largest absolute Gasteiger partial charge is 0.494 e. The Morgan fingerprint density at radius 3 is 2.45 bits per heavy atom. The Kier molecular flexibility index (Phi) is 8.03. The van der Waals surface area contributed by atoms with Gasteiger partial charge >= 0.3 is 0 Å². The van der Waals surface area contributed by atoms with Crippen LogP contribution in [0.2, 0.25) is 0 Å². The molecule has 0 fully saturated rings. The van der Waals surface area contributed by atoms with Crippen molar-refractivity contribution in [3.8, 4) is 5.75 Å². The molecule has 40 heavy (non-hydrogen) atoms. The van der Waals surface area contributed by atoms with Crippen molar-refractivity contribution in [2.75, 3.05) is 30.0 Å². The number of hydrogen-bond donors (Lipinski definition) is 5. The van der Waals surface area contributed by atoms with Gasteiger partial charge in [-0.25, -0.2) is 4.98 Å². The van der Waals surface area contributed by atoms with Crippen LogP contribution in [0.1, 0.15) is 43.8 Å². The molecule has 2 aromatic heterocycles. The molecule has 0 bridgehead atoms. The summed E-state index contributed by atoms with van der Waals surface area (Å²) in [5.74, 6) is -0.931. The molecule has 0 spiro atoms. The van der Waals surface area contributed by atoms with E-state index in [0.717, 1.165) is 0 Å². The van der Waals surface area contributed by atoms with E-state index in [1.165, 1.54) is 19.2 Å². The van der Waals surface area contributed by atoms with Crippen molar-refractivity contribution in [2.24, 2.45) is 11.5 Å². The molecule has 0 aliphatic carbocycles. The molecule has 0 aliphatic rings. The Balaban J connectivity index is 1.62. The number of hydrogen-bond acceptors (Lipinski definition) is 8. The summed E-state index contributed by atoms with van der Waals surface area (Å²) in [6.45, 7) is 4.96. The highest BCUT2D eigenvalue weighted by Gasteiger charge is 2.21. The average Bonchev–Trinajstić information content (AvgIpc) is 3.47. The zero-order valence-electron chi connectivity index (χ0n) is 22.4. The Hall–Kier alpha value is -5.33. The molecule has 2 heterocycles. The number of carbonyl (C=O) groups is 3. The van der Waals surface area contributed by atoms with Crippen molar-refractivity contribution in [2.45, 2.75) is 26.9 Å². The van der Waals surface area contributed by atoms with Crippen LogP contribution in [0, 0.1) is 6.92 Å². The zero-order chi connectivity index (χ0) is 29.0. The van der Waals surface area contributed by atoms with Crippen LogP contribution in [-0.4, -0.2) is 50.7 Å². The molecule has 2 aromatic carbocycles. The van der Waals surface area contributed by atoms with Crippen LogP contribution in [-0.2, 0) is 13.1 Å². The van der Waals surface area contributed by atoms with Gasteiger partial charge in [-0.3, -0.25) is 24.4 Å². The van der Waals surface area contributed by atoms with Crippen LogP contribution in [0.4, 0.5) is 17.3 Å². The standard InChI is InChI=1S/C27H31N9O4/c1-4-36-21(11-15(2)34-36)26(39)33-27-32-20-13-17(25(30)38)14-22(40-3)23(20)35(27)10-6-5-9-31-19-8-7-16(24(29)37)12-18(19)28/h5-8,11-14,31H,4,9-10,28H2,1-3H3,(H2,29,37)(H2,30,38)(H,32,33,39). The number of aryl methyl sites for hydroxylation is 2. The van der Waals surface area contributed by atoms with Gasteiger partial charge in [0.15, 0.2) is 0 Å². The number of nitrogens with zero attached hydrogens (tertiary/aromatic N) is 4. The number of nitrogens with one attached hydrogen (secondary N) is 2. The van der Waals surface area contributed by atoms with Crippen molar-refractivity contribution >= 4 is 46.1 Å². The molecule has 13 nitrogen and oxygen atoms in total. The molecule has 0 unspecified atom stereocenters. The number of allylic oxidation sites excluding steroid dienone is 1. The number of aromatic nitrogens is 4. The summed E-state index contributed by atoms with van der Waals surface area (Å²) >= 11 is 0. The lowest BCUT2D eigenvalue weighted by Crippen LogP contribution is -2.20. The molecule has 3 amide bonds. The average molecular weight is 546 g/mol. The van der Waals surface area contributed by atoms with Crippen molar-refractivity contribution < 1.29 is 19.1 Å². The minimum absolute atomic E-state index is 0.228. The van der Waals surface area contributed by atoms with Gasteiger partial charge in [-0.05, 0) is 50.2 Å². The van der Waals surface area contributed by atoms with E-state index in [2.05, 4.69) is 20.7 Å². The molecule has 13 heteroatoms. The zero-order valence-corrected chi connectivity index (χ0v) is 22.4. The van der Waals surface area contributed by atoms with Crippen molar-refractivity contribution in [3.05, 3.63) is 71.1 Å². The fraction of sp³-hybridized carbons (Fsp3) is 0.222. The highest BCUT2D eigenvalue weighted by Crippen LogP contribution is 2.31. The highest BCUT2D eigenvalue weighted by atomic mass is 16.5. The summed E-state index contributed by atoms with van der Waals surface area (Å²) in [4.78, 5) is 41.0. The first-order chi connectivity index (χ1) is 19.1. The van der Waals surface area contributed by atoms with E-state index in [1.807, 2.05) is 26.0 Å². The predicted molar refractivity (Wildman–Crippen MR) is 152 cm³/mol. The van der Waals surface area contributed by atoms with E-state index in [0.29, 0.717) is 64.7 Å². The number of fused-ring (bicyclic) bond motifs is 1. The maximum atomic E-state index is 13.2. The maximum Gasteiger partial charge on any atom is 0.276 e. The number of ether oxygens (including phenoxy) is 1. The van der Waals surface area contributed by atoms with Crippen molar-refractivity contribution in [1.29, 1.82) is 0 Å². The van der Waals surface area contributed by atoms with Gasteiger partial charge in [-0.2, -0.15) is 5.10 Å². The first kappa shape index (κ1) is 27.7. The quantitative estimate of drug-likeness (QED) is 0.140. The fourth-order valence-electron chi connectivity index (χ4n) is 4.25. The number of carbonyl (C=O) groups excluding carboxylic acids is 3. The normalized spacial score (nSPS) is 11.2. The number of rotatable bonds is 11. The second-order valence-corrected chi connectivity index (χ2v) is 8.92. The number of imidazole rings is 1. The third kappa shape index (κ3) is 5.72. The van der Waals surface area contributed by atoms with Gasteiger partial charge in [0.1, 0.15) is 17.0 Å². The first-order valence-electron chi connectivity index (χ1n) is 12.4. The Bertz CT molecular complexity index is 1630. The third-order valence-corrected chi connectivity index (χ3v) is 6.17. The van der Waals surface area contributed by atoms with E-state index in [1.54, 1.807) is 33.5 Å². The van der Waals surface area contributed by atoms with Gasteiger partial charge in [0, 0.05) is 30.8 Å². The van der Waals surface area contributed by atoms with E-state index in [-0.39, 0.29) is 17.4 Å². The van der Waals surface area contributed by atoms with Crippen LogP contribution in [0.25, 0.3) is 11.0 Å². The van der Waals surface area contributed by atoms with Crippen molar-refractivity contribution in [3.63, 3.8) is 0 Å². The smallest absolute Gasteiger partial charge is 0.276 e. The minimum atomic E-state index is -0.628. The predicted octanol–water partition coefficient (Wildman–Crippen LogP) is 2.27. The van der Waals surface area contributed by atoms with Gasteiger partial charge in [0.05, 0.1) is 29.7 Å². The number of primary amides is 2. The molecular weight excluding hydrogens is 514 g/mol. The molecule has 208 valence electrons. The lowest BCUT2D eigenvalue weighted by atomic mass is 10.1. The molecule has 8 N–H and O–H groups in total. The van der Waals surface area contributed by atoms with E-state index >= 15 is 0 Å². The Labute approximate surface area is 230 Å². The monoisotopic (exact) mass is 545 g/mol. The van der Waals surface area contributed by atoms with Gasteiger partial charge in [-0.1, -0.05) is 12.2 Å². The fourth-order valence-corrected chi connectivity index (χ4v) is 4.25. The topological polar surface area (TPSA) is 198 Å². The van der Waals surface area contributed by atoms with Crippen molar-refractivity contribution in [1.82, 2.24) is 19.3 Å². The van der Waals surface area contributed by atoms with Crippen LogP contribution in [0.3, 0.4) is 0 Å². The summed E-state index contributed by atoms with van der Waals surface area (Å²) in [5, 5.41) is 10.4. The van der Waals surface area contributed by atoms with Crippen LogP contribution in [0.5, 0.6) is 5.75 Å². The number of anilines is 3. The van der Waals surface area contributed by atoms with E-state index in [4.69, 9.17) is 21.9 Å². The Morgan fingerprint density at radius 2 is 1.80 bits per heavy atom. The van der Waals surface area contributed by atoms with Gasteiger partial charge in [0.25, 0.3) is 5.91 Å². The van der Waals surface area contributed by atoms with Gasteiger partial charge in [-0.15, -0.1) is 0 Å². The van der Waals surface area contributed by atoms with E-state index < -0.39 is 11.8 Å². The number of methoxy groups -OCH3 is 1. The number of amides is 3. The SMILES string of the molecule is CCn1nc(C)cc1C(=O)Nc1nc2cc(C(N)=O)cc(OC)c2n1CC=CCNc1ccc(C(N)=O)cc1N. The molecule has 0 aliphatic heterocycles. The second kappa shape index (κ2) is 11.6. The maximum absolute atomic E-state index is 13.2. The number of benzene rings is 2. The number of nitrogen functional groups attached to an aromatic ring is 1. The highest BCUT2D eigenvalue weighted by molar-refractivity contribution is 6.04. The lowest BCUT2D eigenvalue weighted by Gasteiger charge is -2.11. The summed E-state index contributed by atoms with van der Waals surface area (Å²) in [6, 6.07) is 9.58. The van der Waals surface area contributed by atoms with Gasteiger partial charge < -0.3 is 31.8 Å². The summed E-state index contributed by atoms with van der Waals surface area (Å²) in [5.41, 5.74) is 20.5. The molecular formula is C27H31N9O4. The molecule has 4 rings (SSSR count). The first-order valence-corrected chi connectivity index (χ1v) is 12.4. The summed E-state index contributed by atoms with van der Waals surface area (Å²) in [7, 11) is 1.48. The van der Waals surface area contributed by atoms with Crippen LogP contribution >= 0.6 is 0 Å².